The van der Waals surface area contributed by atoms with E-state index in [1.165, 1.54) is 4.90 Å². The summed E-state index contributed by atoms with van der Waals surface area (Å²) in [5, 5.41) is 3.75. The number of nitrogens with one attached hydrogen (secondary N) is 1. The second kappa shape index (κ2) is 8.80. The molecule has 0 saturated carbocycles. The molecule has 1 N–H and O–H groups in total. The Morgan fingerprint density at radius 3 is 2.38 bits per heavy atom. The first-order valence-electron chi connectivity index (χ1n) is 9.61. The van der Waals surface area contributed by atoms with E-state index in [2.05, 4.69) is 5.32 Å². The smallest absolute Gasteiger partial charge is 0.278 e. The zero-order valence-corrected chi connectivity index (χ0v) is 17.8. The Kier molecular flexibility index (Phi) is 6.40. The first-order chi connectivity index (χ1) is 13.8. The van der Waals surface area contributed by atoms with Gasteiger partial charge in [0.1, 0.15) is 5.70 Å². The van der Waals surface area contributed by atoms with E-state index < -0.39 is 0 Å². The average molecular weight is 413 g/mol. The minimum absolute atomic E-state index is 0.0269. The number of rotatable bonds is 7. The summed E-state index contributed by atoms with van der Waals surface area (Å²) >= 11 is 6.23. The highest BCUT2D eigenvalue weighted by molar-refractivity contribution is 6.36. The molecule has 0 aliphatic carbocycles. The fourth-order valence-corrected chi connectivity index (χ4v) is 3.31. The average Bonchev–Trinajstić information content (AvgIpc) is 2.90. The van der Waals surface area contributed by atoms with Crippen LogP contribution in [-0.2, 0) is 14.3 Å². The number of ether oxygens (including phenoxy) is 1. The summed E-state index contributed by atoms with van der Waals surface area (Å²) in [6.07, 6.45) is 0.0269. The number of imide groups is 1. The van der Waals surface area contributed by atoms with Crippen LogP contribution in [0.1, 0.15) is 30.5 Å². The highest BCUT2D eigenvalue weighted by atomic mass is 35.5. The van der Waals surface area contributed by atoms with Crippen molar-refractivity contribution < 1.29 is 14.3 Å². The lowest BCUT2D eigenvalue weighted by atomic mass is 10.0. The van der Waals surface area contributed by atoms with Gasteiger partial charge < -0.3 is 10.1 Å². The molecule has 0 atom stereocenters. The molecule has 0 saturated heterocycles. The van der Waals surface area contributed by atoms with E-state index in [1.54, 1.807) is 12.1 Å². The normalized spacial score (nSPS) is 14.3. The van der Waals surface area contributed by atoms with E-state index in [0.717, 1.165) is 11.1 Å². The third kappa shape index (κ3) is 4.52. The number of benzene rings is 2. The summed E-state index contributed by atoms with van der Waals surface area (Å²) in [6.45, 7) is 8.16. The second-order valence-corrected chi connectivity index (χ2v) is 7.74. The Balaban J connectivity index is 1.99. The highest BCUT2D eigenvalue weighted by Gasteiger charge is 2.39. The molecule has 0 unspecified atom stereocenters. The van der Waals surface area contributed by atoms with Gasteiger partial charge in [-0.2, -0.15) is 0 Å². The van der Waals surface area contributed by atoms with Gasteiger partial charge in [-0.1, -0.05) is 47.5 Å². The number of carbonyl (C=O) groups is 2. The lowest BCUT2D eigenvalue weighted by Crippen LogP contribution is -2.35. The lowest BCUT2D eigenvalue weighted by Gasteiger charge is -2.17. The standard InChI is InChI=1S/C23H25ClN2O3/c1-14(2)29-13-12-26-22(27)20(17-10-8-15(3)9-11-17)21(23(26)28)25-19-7-5-6-18(24)16(19)4/h5-11,14,25H,12-13H2,1-4H3. The van der Waals surface area contributed by atoms with Crippen molar-refractivity contribution in [3.63, 3.8) is 0 Å². The molecule has 2 aromatic rings. The first kappa shape index (κ1) is 21.1. The third-order valence-corrected chi connectivity index (χ3v) is 5.21. The van der Waals surface area contributed by atoms with Crippen molar-refractivity contribution >= 4 is 34.7 Å². The molecule has 2 aromatic carbocycles. The summed E-state index contributed by atoms with van der Waals surface area (Å²) in [4.78, 5) is 27.5. The lowest BCUT2D eigenvalue weighted by molar-refractivity contribution is -0.137. The molecule has 1 heterocycles. The number of halogens is 1. The van der Waals surface area contributed by atoms with Crippen molar-refractivity contribution in [2.24, 2.45) is 0 Å². The monoisotopic (exact) mass is 412 g/mol. The number of hydrogen-bond donors (Lipinski definition) is 1. The first-order valence-corrected chi connectivity index (χ1v) is 9.98. The van der Waals surface area contributed by atoms with Gasteiger partial charge in [-0.3, -0.25) is 14.5 Å². The predicted octanol–water partition coefficient (Wildman–Crippen LogP) is 4.57. The van der Waals surface area contributed by atoms with Gasteiger partial charge in [0.2, 0.25) is 0 Å². The van der Waals surface area contributed by atoms with Gasteiger partial charge in [0.25, 0.3) is 11.8 Å². The number of amides is 2. The number of nitrogens with zero attached hydrogens (tertiary/aromatic N) is 1. The molecule has 1 aliphatic heterocycles. The summed E-state index contributed by atoms with van der Waals surface area (Å²) in [7, 11) is 0. The van der Waals surface area contributed by atoms with Crippen molar-refractivity contribution in [1.29, 1.82) is 0 Å². The van der Waals surface area contributed by atoms with E-state index >= 15 is 0 Å². The van der Waals surface area contributed by atoms with E-state index in [-0.39, 0.29) is 30.2 Å². The molecule has 3 rings (SSSR count). The van der Waals surface area contributed by atoms with Crippen LogP contribution in [0.25, 0.3) is 5.57 Å². The van der Waals surface area contributed by atoms with Crippen LogP contribution < -0.4 is 5.32 Å². The zero-order valence-electron chi connectivity index (χ0n) is 17.1. The molecular formula is C23H25ClN2O3. The minimum Gasteiger partial charge on any atom is -0.377 e. The Labute approximate surface area is 176 Å². The van der Waals surface area contributed by atoms with Crippen molar-refractivity contribution in [2.45, 2.75) is 33.8 Å². The SMILES string of the molecule is Cc1ccc(C2=C(Nc3cccc(Cl)c3C)C(=O)N(CCOC(C)C)C2=O)cc1. The summed E-state index contributed by atoms with van der Waals surface area (Å²) < 4.78 is 5.54. The van der Waals surface area contributed by atoms with Crippen LogP contribution >= 0.6 is 11.6 Å². The van der Waals surface area contributed by atoms with E-state index in [1.807, 2.05) is 58.0 Å². The third-order valence-electron chi connectivity index (χ3n) is 4.80. The second-order valence-electron chi connectivity index (χ2n) is 7.33. The number of aryl methyl sites for hydroxylation is 1. The quantitative estimate of drug-likeness (QED) is 0.676. The Morgan fingerprint density at radius 2 is 1.72 bits per heavy atom. The molecule has 152 valence electrons. The van der Waals surface area contributed by atoms with E-state index in [9.17, 15) is 9.59 Å². The van der Waals surface area contributed by atoms with Gasteiger partial charge >= 0.3 is 0 Å². The zero-order chi connectivity index (χ0) is 21.1. The van der Waals surface area contributed by atoms with E-state index in [0.29, 0.717) is 28.5 Å². The molecule has 0 aromatic heterocycles. The van der Waals surface area contributed by atoms with Gasteiger partial charge in [-0.05, 0) is 51.0 Å². The Hall–Kier alpha value is -2.63. The van der Waals surface area contributed by atoms with Crippen molar-refractivity contribution in [3.8, 4) is 0 Å². The van der Waals surface area contributed by atoms with Crippen LogP contribution in [0, 0.1) is 13.8 Å². The summed E-state index contributed by atoms with van der Waals surface area (Å²) in [5.74, 6) is -0.689. The Morgan fingerprint density at radius 1 is 1.03 bits per heavy atom. The van der Waals surface area contributed by atoms with Gasteiger partial charge in [-0.15, -0.1) is 0 Å². The fraction of sp³-hybridized carbons (Fsp3) is 0.304. The summed E-state index contributed by atoms with van der Waals surface area (Å²) in [5.41, 5.74) is 3.90. The fourth-order valence-electron chi connectivity index (χ4n) is 3.14. The predicted molar refractivity (Wildman–Crippen MR) is 116 cm³/mol. The molecule has 0 spiro atoms. The van der Waals surface area contributed by atoms with Gasteiger partial charge in [0.15, 0.2) is 0 Å². The topological polar surface area (TPSA) is 58.6 Å². The largest absolute Gasteiger partial charge is 0.377 e. The van der Waals surface area contributed by atoms with Crippen molar-refractivity contribution in [1.82, 2.24) is 4.90 Å². The highest BCUT2D eigenvalue weighted by Crippen LogP contribution is 2.32. The molecule has 1 aliphatic rings. The van der Waals surface area contributed by atoms with Crippen LogP contribution in [0.2, 0.25) is 5.02 Å². The molecule has 0 radical (unpaired) electrons. The summed E-state index contributed by atoms with van der Waals surface area (Å²) in [6, 6.07) is 13.0. The number of anilines is 1. The molecule has 0 bridgehead atoms. The maximum Gasteiger partial charge on any atom is 0.278 e. The van der Waals surface area contributed by atoms with E-state index in [4.69, 9.17) is 16.3 Å². The van der Waals surface area contributed by atoms with Gasteiger partial charge in [0.05, 0.1) is 24.8 Å². The minimum atomic E-state index is -0.364. The Bertz CT molecular complexity index is 965. The molecule has 2 amide bonds. The van der Waals surface area contributed by atoms with Crippen LogP contribution in [-0.4, -0.2) is 36.0 Å². The van der Waals surface area contributed by atoms with Gasteiger partial charge in [0, 0.05) is 10.7 Å². The van der Waals surface area contributed by atoms with Crippen LogP contribution in [0.15, 0.2) is 48.2 Å². The van der Waals surface area contributed by atoms with Crippen LogP contribution in [0.3, 0.4) is 0 Å². The molecule has 29 heavy (non-hydrogen) atoms. The van der Waals surface area contributed by atoms with Crippen LogP contribution in [0.5, 0.6) is 0 Å². The number of carbonyl (C=O) groups excluding carboxylic acids is 2. The molecule has 0 fully saturated rings. The van der Waals surface area contributed by atoms with Crippen molar-refractivity contribution in [2.75, 3.05) is 18.5 Å². The maximum atomic E-state index is 13.2. The molecule has 5 nitrogen and oxygen atoms in total. The van der Waals surface area contributed by atoms with Crippen LogP contribution in [0.4, 0.5) is 5.69 Å². The maximum absolute atomic E-state index is 13.2. The van der Waals surface area contributed by atoms with Gasteiger partial charge in [-0.25, -0.2) is 0 Å². The molecule has 6 heteroatoms. The number of hydrogen-bond acceptors (Lipinski definition) is 4. The van der Waals surface area contributed by atoms with Crippen molar-refractivity contribution in [3.05, 3.63) is 69.9 Å². The molecular weight excluding hydrogens is 388 g/mol.